The van der Waals surface area contributed by atoms with Crippen LogP contribution in [0.25, 0.3) is 10.9 Å². The smallest absolute Gasteiger partial charge is 0.0705 e. The van der Waals surface area contributed by atoms with Crippen LogP contribution in [0.1, 0.15) is 38.8 Å². The van der Waals surface area contributed by atoms with Gasteiger partial charge < -0.3 is 5.32 Å². The van der Waals surface area contributed by atoms with Gasteiger partial charge >= 0.3 is 0 Å². The fourth-order valence-corrected chi connectivity index (χ4v) is 2.48. The number of pyridine rings is 1. The van der Waals surface area contributed by atoms with E-state index in [1.54, 1.807) is 0 Å². The first-order valence-electron chi connectivity index (χ1n) is 6.60. The highest BCUT2D eigenvalue weighted by Gasteiger charge is 2.27. The highest BCUT2D eigenvalue weighted by Crippen LogP contribution is 2.36. The highest BCUT2D eigenvalue weighted by atomic mass is 14.9. The Hall–Kier alpha value is -1.41. The van der Waals surface area contributed by atoms with Crippen LogP contribution < -0.4 is 5.32 Å². The molecular formula is C16H22N2. The van der Waals surface area contributed by atoms with E-state index in [1.807, 2.05) is 19.3 Å². The summed E-state index contributed by atoms with van der Waals surface area (Å²) < 4.78 is 0. The summed E-state index contributed by atoms with van der Waals surface area (Å²) in [6.45, 7) is 6.84. The molecule has 18 heavy (non-hydrogen) atoms. The zero-order chi connectivity index (χ0) is 13.2. The van der Waals surface area contributed by atoms with E-state index in [-0.39, 0.29) is 5.41 Å². The van der Waals surface area contributed by atoms with Crippen molar-refractivity contribution in [3.05, 3.63) is 42.1 Å². The van der Waals surface area contributed by atoms with Crippen molar-refractivity contribution in [3.8, 4) is 0 Å². The van der Waals surface area contributed by atoms with Gasteiger partial charge in [-0.05, 0) is 36.6 Å². The monoisotopic (exact) mass is 242 g/mol. The highest BCUT2D eigenvalue weighted by molar-refractivity contribution is 5.79. The number of rotatable bonds is 4. The fourth-order valence-electron chi connectivity index (χ4n) is 2.48. The molecule has 0 saturated heterocycles. The van der Waals surface area contributed by atoms with Gasteiger partial charge in [-0.15, -0.1) is 0 Å². The second-order valence-corrected chi connectivity index (χ2v) is 5.52. The number of benzene rings is 1. The number of nitrogens with one attached hydrogen (secondary N) is 1. The Balaban J connectivity index is 2.46. The molecule has 0 amide bonds. The summed E-state index contributed by atoms with van der Waals surface area (Å²) in [5, 5.41) is 4.65. The van der Waals surface area contributed by atoms with Gasteiger partial charge in [0, 0.05) is 17.6 Å². The molecule has 1 unspecified atom stereocenters. The zero-order valence-corrected chi connectivity index (χ0v) is 11.7. The summed E-state index contributed by atoms with van der Waals surface area (Å²) in [6, 6.07) is 11.0. The first kappa shape index (κ1) is 13.0. The predicted octanol–water partition coefficient (Wildman–Crippen LogP) is 3.93. The maximum Gasteiger partial charge on any atom is 0.0705 e. The van der Waals surface area contributed by atoms with Gasteiger partial charge in [-0.25, -0.2) is 0 Å². The molecule has 0 fully saturated rings. The van der Waals surface area contributed by atoms with Crippen molar-refractivity contribution in [1.29, 1.82) is 0 Å². The van der Waals surface area contributed by atoms with Crippen molar-refractivity contribution in [2.24, 2.45) is 5.41 Å². The van der Waals surface area contributed by atoms with Crippen molar-refractivity contribution in [2.45, 2.75) is 33.2 Å². The quantitative estimate of drug-likeness (QED) is 0.878. The molecule has 0 radical (unpaired) electrons. The Morgan fingerprint density at radius 1 is 1.28 bits per heavy atom. The Morgan fingerprint density at radius 2 is 2.06 bits per heavy atom. The molecule has 2 aromatic rings. The Labute approximate surface area is 109 Å². The minimum atomic E-state index is 0.233. The lowest BCUT2D eigenvalue weighted by atomic mass is 9.78. The standard InChI is InChI=1S/C16H22N2/c1-5-16(2,3)15(17-4)13-9-8-12-7-6-10-18-14(12)11-13/h6-11,15,17H,5H2,1-4H3. The van der Waals surface area contributed by atoms with E-state index in [9.17, 15) is 0 Å². The third-order valence-electron chi connectivity index (χ3n) is 3.94. The molecule has 1 aromatic heterocycles. The summed E-state index contributed by atoms with van der Waals surface area (Å²) in [7, 11) is 2.03. The van der Waals surface area contributed by atoms with Crippen molar-refractivity contribution in [1.82, 2.24) is 10.3 Å². The Bertz CT molecular complexity index is 531. The van der Waals surface area contributed by atoms with E-state index < -0.39 is 0 Å². The fraction of sp³-hybridized carbons (Fsp3) is 0.438. The minimum absolute atomic E-state index is 0.233. The van der Waals surface area contributed by atoms with E-state index in [1.165, 1.54) is 10.9 Å². The lowest BCUT2D eigenvalue weighted by molar-refractivity contribution is 0.245. The molecule has 2 nitrogen and oxygen atoms in total. The molecule has 0 bridgehead atoms. The average molecular weight is 242 g/mol. The van der Waals surface area contributed by atoms with Crippen LogP contribution >= 0.6 is 0 Å². The van der Waals surface area contributed by atoms with E-state index >= 15 is 0 Å². The largest absolute Gasteiger partial charge is 0.313 e. The number of hydrogen-bond donors (Lipinski definition) is 1. The predicted molar refractivity (Wildman–Crippen MR) is 77.6 cm³/mol. The average Bonchev–Trinajstić information content (AvgIpc) is 2.39. The van der Waals surface area contributed by atoms with Crippen LogP contribution in [0.3, 0.4) is 0 Å². The maximum atomic E-state index is 4.44. The number of hydrogen-bond acceptors (Lipinski definition) is 2. The van der Waals surface area contributed by atoms with Crippen LogP contribution in [0.5, 0.6) is 0 Å². The van der Waals surface area contributed by atoms with Gasteiger partial charge in [-0.1, -0.05) is 39.0 Å². The molecule has 0 aliphatic carbocycles. The molecule has 0 aliphatic heterocycles. The normalized spacial score (nSPS) is 13.8. The van der Waals surface area contributed by atoms with E-state index in [2.05, 4.69) is 55.3 Å². The van der Waals surface area contributed by atoms with Gasteiger partial charge in [0.1, 0.15) is 0 Å². The minimum Gasteiger partial charge on any atom is -0.313 e. The molecule has 1 aromatic carbocycles. The SMILES string of the molecule is CCC(C)(C)C(NC)c1ccc2cccnc2c1. The molecule has 0 spiro atoms. The van der Waals surface area contributed by atoms with Crippen molar-refractivity contribution in [2.75, 3.05) is 7.05 Å². The van der Waals surface area contributed by atoms with Gasteiger partial charge in [-0.2, -0.15) is 0 Å². The van der Waals surface area contributed by atoms with Gasteiger partial charge in [-0.3, -0.25) is 4.98 Å². The molecule has 1 heterocycles. The molecule has 1 N–H and O–H groups in total. The zero-order valence-electron chi connectivity index (χ0n) is 11.7. The van der Waals surface area contributed by atoms with Crippen LogP contribution in [0, 0.1) is 5.41 Å². The van der Waals surface area contributed by atoms with Crippen molar-refractivity contribution in [3.63, 3.8) is 0 Å². The molecule has 0 aliphatic rings. The summed E-state index contributed by atoms with van der Waals surface area (Å²) in [4.78, 5) is 4.44. The van der Waals surface area contributed by atoms with E-state index in [4.69, 9.17) is 0 Å². The third-order valence-corrected chi connectivity index (χ3v) is 3.94. The topological polar surface area (TPSA) is 24.9 Å². The van der Waals surface area contributed by atoms with Crippen LogP contribution in [-0.2, 0) is 0 Å². The summed E-state index contributed by atoms with van der Waals surface area (Å²) in [6.07, 6.45) is 2.99. The lowest BCUT2D eigenvalue weighted by Crippen LogP contribution is -2.31. The second-order valence-electron chi connectivity index (χ2n) is 5.52. The van der Waals surface area contributed by atoms with Gasteiger partial charge in [0.25, 0.3) is 0 Å². The number of fused-ring (bicyclic) bond motifs is 1. The summed E-state index contributed by atoms with van der Waals surface area (Å²) >= 11 is 0. The second kappa shape index (κ2) is 5.07. The molecule has 2 heteroatoms. The van der Waals surface area contributed by atoms with Crippen molar-refractivity contribution < 1.29 is 0 Å². The van der Waals surface area contributed by atoms with Gasteiger partial charge in [0.2, 0.25) is 0 Å². The Morgan fingerprint density at radius 3 is 2.72 bits per heavy atom. The molecular weight excluding hydrogens is 220 g/mol. The Kier molecular flexibility index (Phi) is 3.67. The van der Waals surface area contributed by atoms with Gasteiger partial charge in [0.15, 0.2) is 0 Å². The molecule has 1 atom stereocenters. The third kappa shape index (κ3) is 2.39. The maximum absolute atomic E-state index is 4.44. The van der Waals surface area contributed by atoms with Gasteiger partial charge in [0.05, 0.1) is 5.52 Å². The number of nitrogens with zero attached hydrogens (tertiary/aromatic N) is 1. The molecule has 96 valence electrons. The molecule has 2 rings (SSSR count). The van der Waals surface area contributed by atoms with E-state index in [0.717, 1.165) is 11.9 Å². The molecule has 0 saturated carbocycles. The van der Waals surface area contributed by atoms with Crippen molar-refractivity contribution >= 4 is 10.9 Å². The first-order chi connectivity index (χ1) is 8.58. The van der Waals surface area contributed by atoms with E-state index in [0.29, 0.717) is 6.04 Å². The van der Waals surface area contributed by atoms with Crippen LogP contribution in [-0.4, -0.2) is 12.0 Å². The van der Waals surface area contributed by atoms with Crippen LogP contribution in [0.15, 0.2) is 36.5 Å². The summed E-state index contributed by atoms with van der Waals surface area (Å²) in [5.74, 6) is 0. The first-order valence-corrected chi connectivity index (χ1v) is 6.60. The summed E-state index contributed by atoms with van der Waals surface area (Å²) in [5.41, 5.74) is 2.62. The van der Waals surface area contributed by atoms with Crippen LogP contribution in [0.4, 0.5) is 0 Å². The lowest BCUT2D eigenvalue weighted by Gasteiger charge is -2.33. The number of aromatic nitrogens is 1. The van der Waals surface area contributed by atoms with Crippen LogP contribution in [0.2, 0.25) is 0 Å².